The first kappa shape index (κ1) is 39.1. The number of fused-ring (bicyclic) bond motifs is 4. The number of aromatic hydroxyl groups is 1. The number of rotatable bonds is 9. The molecular weight excluding hydrogens is 791 g/mol. The summed E-state index contributed by atoms with van der Waals surface area (Å²) < 4.78 is 11.0. The molecule has 59 heavy (non-hydrogen) atoms. The number of phenolic OH excluding ortho intramolecular Hbond substituents is 1. The summed E-state index contributed by atoms with van der Waals surface area (Å²) >= 11 is 12.8. The van der Waals surface area contributed by atoms with Gasteiger partial charge in [0.25, 0.3) is 11.8 Å². The second-order valence-electron chi connectivity index (χ2n) is 16.2. The minimum absolute atomic E-state index is 0.117. The van der Waals surface area contributed by atoms with Gasteiger partial charge in [-0.3, -0.25) is 34.4 Å². The Morgan fingerprint density at radius 1 is 0.814 bits per heavy atom. The number of hydrogen-bond acceptors (Lipinski definition) is 9. The van der Waals surface area contributed by atoms with Gasteiger partial charge in [-0.15, -0.1) is 0 Å². The number of methoxy groups -OCH3 is 2. The Labute approximate surface area is 352 Å². The largest absolute Gasteiger partial charge is 0.508 e. The average molecular weight is 836 g/mol. The molecule has 1 saturated carbocycles. The van der Waals surface area contributed by atoms with Crippen molar-refractivity contribution in [2.45, 2.75) is 49.6 Å². The summed E-state index contributed by atoms with van der Waals surface area (Å²) in [7, 11) is 3.04. The van der Waals surface area contributed by atoms with Crippen molar-refractivity contribution in [3.8, 4) is 17.2 Å². The van der Waals surface area contributed by atoms with Crippen LogP contribution in [0.4, 0.5) is 5.69 Å². The van der Waals surface area contributed by atoms with Gasteiger partial charge in [-0.1, -0.05) is 83.4 Å². The topological polar surface area (TPSA) is 129 Å². The van der Waals surface area contributed by atoms with Crippen LogP contribution in [0.15, 0.2) is 103 Å². The Bertz CT molecular complexity index is 2370. The maximum absolute atomic E-state index is 15.5. The number of allylic oxidation sites excluding steroid dienone is 2. The predicted molar refractivity (Wildman–Crippen MR) is 222 cm³/mol. The molecule has 5 aliphatic rings. The van der Waals surface area contributed by atoms with Crippen molar-refractivity contribution in [3.05, 3.63) is 129 Å². The van der Waals surface area contributed by atoms with E-state index in [9.17, 15) is 14.7 Å². The number of benzene rings is 4. The lowest BCUT2D eigenvalue weighted by molar-refractivity contribution is -0.144. The molecule has 0 radical (unpaired) electrons. The Morgan fingerprint density at radius 2 is 1.53 bits per heavy atom. The number of ether oxygens (including phenoxy) is 2. The van der Waals surface area contributed by atoms with Crippen molar-refractivity contribution in [1.82, 2.24) is 14.8 Å². The normalized spacial score (nSPS) is 27.0. The van der Waals surface area contributed by atoms with Crippen LogP contribution in [0, 0.1) is 23.7 Å². The van der Waals surface area contributed by atoms with Crippen molar-refractivity contribution in [1.29, 1.82) is 0 Å². The minimum atomic E-state index is -1.60. The fourth-order valence-electron chi connectivity index (χ4n) is 10.6. The number of piperidine rings is 1. The lowest BCUT2D eigenvalue weighted by Crippen LogP contribution is -2.53. The maximum atomic E-state index is 15.5. The smallest absolute Gasteiger partial charge is 0.260 e. The fraction of sp³-hybridized carbons (Fsp3) is 0.348. The van der Waals surface area contributed by atoms with Crippen molar-refractivity contribution >= 4 is 52.5 Å². The van der Waals surface area contributed by atoms with E-state index < -0.39 is 46.8 Å². The van der Waals surface area contributed by atoms with Gasteiger partial charge in [-0.2, -0.15) is 5.01 Å². The molecule has 4 aromatic carbocycles. The van der Waals surface area contributed by atoms with E-state index in [1.165, 1.54) is 29.7 Å². The van der Waals surface area contributed by atoms with Crippen LogP contribution < -0.4 is 14.9 Å². The fourth-order valence-corrected chi connectivity index (χ4v) is 11.1. The number of phenols is 1. The number of hydrogen-bond donors (Lipinski definition) is 2. The van der Waals surface area contributed by atoms with Gasteiger partial charge in [-0.25, -0.2) is 0 Å². The third-order valence-electron chi connectivity index (χ3n) is 13.3. The number of carbonyl (C=O) groups is 4. The van der Waals surface area contributed by atoms with Crippen LogP contribution in [0.3, 0.4) is 0 Å². The Kier molecular flexibility index (Phi) is 10.2. The van der Waals surface area contributed by atoms with Gasteiger partial charge in [0.15, 0.2) is 0 Å². The number of imide groups is 2. The molecule has 0 aromatic heterocycles. The van der Waals surface area contributed by atoms with Crippen molar-refractivity contribution in [3.63, 3.8) is 0 Å². The van der Waals surface area contributed by atoms with E-state index >= 15 is 9.59 Å². The third-order valence-corrected chi connectivity index (χ3v) is 13.9. The molecule has 3 aliphatic heterocycles. The lowest BCUT2D eigenvalue weighted by Gasteiger charge is -2.50. The molecule has 0 bridgehead atoms. The summed E-state index contributed by atoms with van der Waals surface area (Å²) in [6.45, 7) is 2.30. The van der Waals surface area contributed by atoms with E-state index in [4.69, 9.17) is 32.7 Å². The molecule has 2 N–H and O–H groups in total. The zero-order valence-electron chi connectivity index (χ0n) is 32.6. The second kappa shape index (κ2) is 15.3. The molecule has 9 rings (SSSR count). The van der Waals surface area contributed by atoms with E-state index in [0.717, 1.165) is 30.2 Å². The standard InChI is InChI=1S/C46H44Cl2N4O7/c1-58-30-11-8-27(9-12-30)46-36(43(55)52(45(46)57)49-38-17-10-28(47)22-37(38)48)24-35-32(41(46)33-14-13-31(59-2)23-39(33)53)15-16-34-40(35)44(56)51(42(34)54)29-18-20-50(21-19-29)25-26-6-4-3-5-7-26/h3-15,17,22-23,29,34-36,40-41,49,53H,16,18-21,24-25H2,1-2H3/t34-,35+,36-,40-,41+,46+/m0/s1. The summed E-state index contributed by atoms with van der Waals surface area (Å²) in [5.74, 6) is -4.51. The molecule has 0 unspecified atom stereocenters. The van der Waals surface area contributed by atoms with Crippen LogP contribution in [-0.4, -0.2) is 76.9 Å². The molecule has 304 valence electrons. The number of nitrogens with zero attached hydrogens (tertiary/aromatic N) is 3. The van der Waals surface area contributed by atoms with Gasteiger partial charge >= 0.3 is 0 Å². The van der Waals surface area contributed by atoms with E-state index in [1.54, 1.807) is 55.6 Å². The molecule has 4 amide bonds. The molecule has 0 spiro atoms. The first-order valence-electron chi connectivity index (χ1n) is 20.0. The van der Waals surface area contributed by atoms with E-state index in [2.05, 4.69) is 22.5 Å². The number of likely N-dealkylation sites (tertiary alicyclic amines) is 2. The quantitative estimate of drug-likeness (QED) is 0.131. The van der Waals surface area contributed by atoms with Crippen LogP contribution in [-0.2, 0) is 31.1 Å². The number of halogens is 2. The summed E-state index contributed by atoms with van der Waals surface area (Å²) in [6, 6.07) is 26.7. The monoisotopic (exact) mass is 834 g/mol. The van der Waals surface area contributed by atoms with Crippen LogP contribution >= 0.6 is 23.2 Å². The molecule has 11 nitrogen and oxygen atoms in total. The highest BCUT2D eigenvalue weighted by molar-refractivity contribution is 6.36. The lowest BCUT2D eigenvalue weighted by atomic mass is 9.49. The Balaban J connectivity index is 1.13. The first-order chi connectivity index (χ1) is 28.5. The highest BCUT2D eigenvalue weighted by atomic mass is 35.5. The van der Waals surface area contributed by atoms with Crippen LogP contribution in [0.5, 0.6) is 17.2 Å². The number of nitrogens with one attached hydrogen (secondary N) is 1. The van der Waals surface area contributed by atoms with Gasteiger partial charge in [-0.05, 0) is 79.1 Å². The van der Waals surface area contributed by atoms with Gasteiger partial charge < -0.3 is 14.6 Å². The molecule has 6 atom stereocenters. The highest BCUT2D eigenvalue weighted by Gasteiger charge is 2.71. The number of carbonyl (C=O) groups excluding carboxylic acids is 4. The molecule has 3 saturated heterocycles. The van der Waals surface area contributed by atoms with E-state index in [1.807, 2.05) is 24.3 Å². The van der Waals surface area contributed by atoms with Crippen molar-refractivity contribution < 1.29 is 33.8 Å². The molecular formula is C46H44Cl2N4O7. The van der Waals surface area contributed by atoms with Crippen LogP contribution in [0.2, 0.25) is 10.0 Å². The first-order valence-corrected chi connectivity index (χ1v) is 20.7. The SMILES string of the molecule is COc1ccc([C@@]23C(=O)N(Nc4ccc(Cl)cc4Cl)C(=O)[C@@H]2C[C@@H]2C(=CC[C@@H]4C(=O)N(C5CCN(Cc6ccccc6)CC5)C(=O)[C@@H]42)[C@@H]3c2ccc(OC)cc2O)cc1. The van der Waals surface area contributed by atoms with Gasteiger partial charge in [0.1, 0.15) is 17.2 Å². The summed E-state index contributed by atoms with van der Waals surface area (Å²) in [4.78, 5) is 63.8. The molecule has 2 aliphatic carbocycles. The maximum Gasteiger partial charge on any atom is 0.260 e. The zero-order valence-corrected chi connectivity index (χ0v) is 34.2. The second-order valence-corrected chi connectivity index (χ2v) is 17.0. The van der Waals surface area contributed by atoms with Gasteiger partial charge in [0.2, 0.25) is 11.8 Å². The predicted octanol–water partition coefficient (Wildman–Crippen LogP) is 7.37. The minimum Gasteiger partial charge on any atom is -0.508 e. The average Bonchev–Trinajstić information content (AvgIpc) is 3.63. The van der Waals surface area contributed by atoms with Crippen molar-refractivity contribution in [2.75, 3.05) is 32.7 Å². The third kappa shape index (κ3) is 6.36. The molecule has 3 heterocycles. The molecule has 4 fully saturated rings. The van der Waals surface area contributed by atoms with Crippen LogP contribution in [0.1, 0.15) is 48.3 Å². The molecule has 13 heteroatoms. The Hall–Kier alpha value is -5.36. The van der Waals surface area contributed by atoms with E-state index in [-0.39, 0.29) is 41.5 Å². The number of anilines is 1. The van der Waals surface area contributed by atoms with Crippen molar-refractivity contribution in [2.24, 2.45) is 23.7 Å². The van der Waals surface area contributed by atoms with Crippen LogP contribution in [0.25, 0.3) is 0 Å². The number of amides is 4. The summed E-state index contributed by atoms with van der Waals surface area (Å²) in [5, 5.41) is 13.4. The number of hydrazine groups is 1. The zero-order chi connectivity index (χ0) is 41.2. The van der Waals surface area contributed by atoms with Gasteiger partial charge in [0.05, 0.1) is 48.1 Å². The summed E-state index contributed by atoms with van der Waals surface area (Å²) in [6.07, 6.45) is 3.72. The van der Waals surface area contributed by atoms with E-state index in [0.29, 0.717) is 46.2 Å². The highest BCUT2D eigenvalue weighted by Crippen LogP contribution is 2.65. The van der Waals surface area contributed by atoms with Gasteiger partial charge in [0, 0.05) is 48.2 Å². The molecule has 4 aromatic rings. The Morgan fingerprint density at radius 3 is 2.20 bits per heavy atom. The summed E-state index contributed by atoms with van der Waals surface area (Å²) in [5.41, 5.74) is 4.59.